The lowest BCUT2D eigenvalue weighted by molar-refractivity contribution is -0.153. The van der Waals surface area contributed by atoms with Crippen molar-refractivity contribution >= 4 is 11.9 Å². The second kappa shape index (κ2) is 32.2. The smallest absolute Gasteiger partial charge is 0.307 e. The molecule has 0 aliphatic heterocycles. The maximum atomic E-state index is 12.3. The normalized spacial score (nSPS) is 12.2. The maximum Gasteiger partial charge on any atom is 0.307 e. The Labute approximate surface area is 249 Å². The molecule has 4 heteroatoms. The van der Waals surface area contributed by atoms with Gasteiger partial charge in [0.25, 0.3) is 0 Å². The van der Waals surface area contributed by atoms with Crippen LogP contribution in [-0.2, 0) is 14.3 Å². The predicted octanol–water partition coefficient (Wildman–Crippen LogP) is 11.9. The number of carboxylic acid groups (broad SMARTS) is 1. The van der Waals surface area contributed by atoms with E-state index in [1.165, 1.54) is 128 Å². The van der Waals surface area contributed by atoms with Crippen molar-refractivity contribution < 1.29 is 19.4 Å². The minimum Gasteiger partial charge on any atom is -0.481 e. The van der Waals surface area contributed by atoms with Crippen LogP contribution in [0.5, 0.6) is 0 Å². The van der Waals surface area contributed by atoms with Gasteiger partial charge in [-0.1, -0.05) is 154 Å². The van der Waals surface area contributed by atoms with Gasteiger partial charge in [-0.2, -0.15) is 0 Å². The number of rotatable bonds is 32. The molecule has 0 bridgehead atoms. The Morgan fingerprint density at radius 2 is 0.925 bits per heavy atom. The molecule has 1 N–H and O–H groups in total. The molecule has 0 aliphatic rings. The third-order valence-corrected chi connectivity index (χ3v) is 7.97. The fourth-order valence-electron chi connectivity index (χ4n) is 5.37. The maximum absolute atomic E-state index is 12.3. The largest absolute Gasteiger partial charge is 0.481 e. The van der Waals surface area contributed by atoms with Crippen LogP contribution in [0.2, 0.25) is 0 Å². The SMILES string of the molecule is CCCCCCCC/C=C\CCCCCCCC(=O)OC(CCCCCCCCCCCCCCC)CC(=O)O. The monoisotopic (exact) mass is 565 g/mol. The molecule has 4 nitrogen and oxygen atoms in total. The van der Waals surface area contributed by atoms with E-state index in [1.54, 1.807) is 0 Å². The summed E-state index contributed by atoms with van der Waals surface area (Å²) in [5.41, 5.74) is 0. The van der Waals surface area contributed by atoms with Gasteiger partial charge in [0.1, 0.15) is 6.10 Å². The minimum atomic E-state index is -0.881. The minimum absolute atomic E-state index is 0.0730. The molecular weight excluding hydrogens is 496 g/mol. The molecule has 0 fully saturated rings. The standard InChI is InChI=1S/C36H68O4/c1-3-5-7-9-11-13-15-17-18-20-22-24-26-28-30-32-36(39)40-34(33-35(37)38)31-29-27-25-23-21-19-16-14-12-10-8-6-4-2/h17-18,34H,3-16,19-33H2,1-2H3,(H,37,38)/b18-17-. The van der Waals surface area contributed by atoms with Crippen molar-refractivity contribution in [3.8, 4) is 0 Å². The molecule has 236 valence electrons. The van der Waals surface area contributed by atoms with Gasteiger partial charge in [0.05, 0.1) is 6.42 Å². The van der Waals surface area contributed by atoms with E-state index in [-0.39, 0.29) is 12.4 Å². The number of aliphatic carboxylic acids is 1. The third kappa shape index (κ3) is 31.2. The summed E-state index contributed by atoms with van der Waals surface area (Å²) < 4.78 is 5.56. The molecule has 0 radical (unpaired) electrons. The van der Waals surface area contributed by atoms with E-state index in [1.807, 2.05) is 0 Å². The van der Waals surface area contributed by atoms with Crippen molar-refractivity contribution in [2.75, 3.05) is 0 Å². The highest BCUT2D eigenvalue weighted by Gasteiger charge is 2.17. The molecule has 0 amide bonds. The van der Waals surface area contributed by atoms with Gasteiger partial charge in [0, 0.05) is 6.42 Å². The van der Waals surface area contributed by atoms with Crippen LogP contribution in [0.25, 0.3) is 0 Å². The number of ether oxygens (including phenoxy) is 1. The van der Waals surface area contributed by atoms with Crippen LogP contribution in [-0.4, -0.2) is 23.1 Å². The molecule has 40 heavy (non-hydrogen) atoms. The average molecular weight is 565 g/mol. The van der Waals surface area contributed by atoms with E-state index in [0.717, 1.165) is 38.5 Å². The van der Waals surface area contributed by atoms with Gasteiger partial charge in [0.15, 0.2) is 0 Å². The summed E-state index contributed by atoms with van der Waals surface area (Å²) in [7, 11) is 0. The molecule has 0 rings (SSSR count). The lowest BCUT2D eigenvalue weighted by atomic mass is 10.0. The molecule has 0 aromatic rings. The van der Waals surface area contributed by atoms with Gasteiger partial charge in [-0.05, 0) is 44.9 Å². The summed E-state index contributed by atoms with van der Waals surface area (Å²) in [6, 6.07) is 0. The summed E-state index contributed by atoms with van der Waals surface area (Å²) in [6.07, 6.45) is 38.0. The second-order valence-corrected chi connectivity index (χ2v) is 12.1. The number of hydrogen-bond donors (Lipinski definition) is 1. The molecule has 1 unspecified atom stereocenters. The van der Waals surface area contributed by atoms with Crippen molar-refractivity contribution in [1.82, 2.24) is 0 Å². The molecule has 0 aromatic carbocycles. The number of hydrogen-bond acceptors (Lipinski definition) is 3. The molecule has 0 aromatic heterocycles. The van der Waals surface area contributed by atoms with Crippen LogP contribution in [0.4, 0.5) is 0 Å². The van der Waals surface area contributed by atoms with Gasteiger partial charge in [-0.25, -0.2) is 0 Å². The summed E-state index contributed by atoms with van der Waals surface area (Å²) in [6.45, 7) is 4.53. The quantitative estimate of drug-likeness (QED) is 0.0501. The molecule has 0 saturated carbocycles. The zero-order chi connectivity index (χ0) is 29.4. The van der Waals surface area contributed by atoms with Crippen LogP contribution >= 0.6 is 0 Å². The van der Waals surface area contributed by atoms with Crippen molar-refractivity contribution in [3.05, 3.63) is 12.2 Å². The Bertz CT molecular complexity index is 571. The van der Waals surface area contributed by atoms with Crippen molar-refractivity contribution in [1.29, 1.82) is 0 Å². The zero-order valence-corrected chi connectivity index (χ0v) is 26.9. The fourth-order valence-corrected chi connectivity index (χ4v) is 5.37. The molecule has 0 saturated heterocycles. The summed E-state index contributed by atoms with van der Waals surface area (Å²) in [5, 5.41) is 9.22. The number of unbranched alkanes of at least 4 members (excludes halogenated alkanes) is 23. The van der Waals surface area contributed by atoms with Crippen LogP contribution < -0.4 is 0 Å². The van der Waals surface area contributed by atoms with E-state index < -0.39 is 12.1 Å². The van der Waals surface area contributed by atoms with Crippen molar-refractivity contribution in [3.63, 3.8) is 0 Å². The molecule has 0 aliphatic carbocycles. The van der Waals surface area contributed by atoms with Gasteiger partial charge < -0.3 is 9.84 Å². The van der Waals surface area contributed by atoms with E-state index >= 15 is 0 Å². The Hall–Kier alpha value is -1.32. The third-order valence-electron chi connectivity index (χ3n) is 7.97. The van der Waals surface area contributed by atoms with E-state index in [0.29, 0.717) is 12.8 Å². The highest BCUT2D eigenvalue weighted by Crippen LogP contribution is 2.17. The van der Waals surface area contributed by atoms with Gasteiger partial charge in [0.2, 0.25) is 0 Å². The highest BCUT2D eigenvalue weighted by molar-refractivity contribution is 5.71. The number of carboxylic acids is 1. The van der Waals surface area contributed by atoms with E-state index in [9.17, 15) is 14.7 Å². The topological polar surface area (TPSA) is 63.6 Å². The summed E-state index contributed by atoms with van der Waals surface area (Å²) >= 11 is 0. The first-order chi connectivity index (χ1) is 19.6. The Morgan fingerprint density at radius 3 is 1.35 bits per heavy atom. The number of esters is 1. The highest BCUT2D eigenvalue weighted by atomic mass is 16.5. The molecular formula is C36H68O4. The van der Waals surface area contributed by atoms with Crippen LogP contribution in [0.3, 0.4) is 0 Å². The second-order valence-electron chi connectivity index (χ2n) is 12.1. The molecule has 1 atom stereocenters. The summed E-state index contributed by atoms with van der Waals surface area (Å²) in [5.74, 6) is -1.10. The van der Waals surface area contributed by atoms with Gasteiger partial charge >= 0.3 is 11.9 Å². The fraction of sp³-hybridized carbons (Fsp3) is 0.889. The zero-order valence-electron chi connectivity index (χ0n) is 26.9. The van der Waals surface area contributed by atoms with Crippen molar-refractivity contribution in [2.45, 2.75) is 206 Å². The number of carbonyl (C=O) groups is 2. The Kier molecular flexibility index (Phi) is 31.1. The van der Waals surface area contributed by atoms with E-state index in [4.69, 9.17) is 4.74 Å². The first kappa shape index (κ1) is 38.7. The lowest BCUT2D eigenvalue weighted by Gasteiger charge is -2.16. The van der Waals surface area contributed by atoms with Crippen LogP contribution in [0, 0.1) is 0 Å². The number of carbonyl (C=O) groups excluding carboxylic acids is 1. The molecule has 0 heterocycles. The van der Waals surface area contributed by atoms with Gasteiger partial charge in [-0.3, -0.25) is 9.59 Å². The molecule has 0 spiro atoms. The number of allylic oxidation sites excluding steroid dienone is 2. The predicted molar refractivity (Wildman–Crippen MR) is 172 cm³/mol. The van der Waals surface area contributed by atoms with Crippen LogP contribution in [0.15, 0.2) is 12.2 Å². The lowest BCUT2D eigenvalue weighted by Crippen LogP contribution is -2.21. The Morgan fingerprint density at radius 1 is 0.550 bits per heavy atom. The van der Waals surface area contributed by atoms with Crippen LogP contribution in [0.1, 0.15) is 200 Å². The van der Waals surface area contributed by atoms with Crippen molar-refractivity contribution in [2.24, 2.45) is 0 Å². The summed E-state index contributed by atoms with van der Waals surface area (Å²) in [4.78, 5) is 23.5. The van der Waals surface area contributed by atoms with E-state index in [2.05, 4.69) is 26.0 Å². The first-order valence-corrected chi connectivity index (χ1v) is 17.7. The Balaban J connectivity index is 3.67. The first-order valence-electron chi connectivity index (χ1n) is 17.7. The average Bonchev–Trinajstić information content (AvgIpc) is 2.93. The van der Waals surface area contributed by atoms with Gasteiger partial charge in [-0.15, -0.1) is 0 Å².